The summed E-state index contributed by atoms with van der Waals surface area (Å²) >= 11 is 3.52. The first-order valence-corrected chi connectivity index (χ1v) is 7.19. The zero-order chi connectivity index (χ0) is 12.3. The average Bonchev–Trinajstić information content (AvgIpc) is 2.64. The molecule has 1 aliphatic rings. The van der Waals surface area contributed by atoms with Gasteiger partial charge < -0.3 is 9.47 Å². The van der Waals surface area contributed by atoms with Crippen LogP contribution in [0, 0.1) is 0 Å². The SMILES string of the molecule is Cn1cncc1C(=O)N1CCCCCC1CBr. The lowest BCUT2D eigenvalue weighted by Gasteiger charge is -2.28. The van der Waals surface area contributed by atoms with Crippen molar-refractivity contribution in [3.8, 4) is 0 Å². The van der Waals surface area contributed by atoms with E-state index in [1.54, 1.807) is 17.1 Å². The van der Waals surface area contributed by atoms with Crippen LogP contribution in [0.4, 0.5) is 0 Å². The molecule has 0 N–H and O–H groups in total. The fraction of sp³-hybridized carbons (Fsp3) is 0.667. The first-order chi connectivity index (χ1) is 8.24. The molecule has 0 bridgehead atoms. The van der Waals surface area contributed by atoms with E-state index >= 15 is 0 Å². The molecule has 94 valence electrons. The molecule has 1 atom stereocenters. The van der Waals surface area contributed by atoms with E-state index in [-0.39, 0.29) is 5.91 Å². The number of hydrogen-bond acceptors (Lipinski definition) is 2. The minimum absolute atomic E-state index is 0.108. The lowest BCUT2D eigenvalue weighted by Crippen LogP contribution is -2.41. The maximum absolute atomic E-state index is 12.4. The summed E-state index contributed by atoms with van der Waals surface area (Å²) in [5.41, 5.74) is 0.679. The van der Waals surface area contributed by atoms with Gasteiger partial charge in [-0.3, -0.25) is 4.79 Å². The monoisotopic (exact) mass is 299 g/mol. The highest BCUT2D eigenvalue weighted by atomic mass is 79.9. The zero-order valence-electron chi connectivity index (χ0n) is 10.1. The van der Waals surface area contributed by atoms with E-state index < -0.39 is 0 Å². The van der Waals surface area contributed by atoms with E-state index in [0.29, 0.717) is 11.7 Å². The molecule has 0 spiro atoms. The maximum atomic E-state index is 12.4. The standard InChI is InChI=1S/C12H18BrN3O/c1-15-9-14-8-11(15)12(17)16-6-4-2-3-5-10(16)7-13/h8-10H,2-7H2,1H3. The quantitative estimate of drug-likeness (QED) is 0.785. The zero-order valence-corrected chi connectivity index (χ0v) is 11.7. The summed E-state index contributed by atoms with van der Waals surface area (Å²) < 4.78 is 1.79. The van der Waals surface area contributed by atoms with Crippen molar-refractivity contribution < 1.29 is 4.79 Å². The summed E-state index contributed by atoms with van der Waals surface area (Å²) in [5.74, 6) is 0.108. The van der Waals surface area contributed by atoms with Gasteiger partial charge in [-0.15, -0.1) is 0 Å². The van der Waals surface area contributed by atoms with Crippen molar-refractivity contribution in [2.75, 3.05) is 11.9 Å². The van der Waals surface area contributed by atoms with Gasteiger partial charge in [0.25, 0.3) is 5.91 Å². The highest BCUT2D eigenvalue weighted by Gasteiger charge is 2.26. The van der Waals surface area contributed by atoms with Crippen molar-refractivity contribution in [3.63, 3.8) is 0 Å². The number of carbonyl (C=O) groups excluding carboxylic acids is 1. The maximum Gasteiger partial charge on any atom is 0.272 e. The molecule has 5 heteroatoms. The number of rotatable bonds is 2. The molecular formula is C12H18BrN3O. The van der Waals surface area contributed by atoms with E-state index in [2.05, 4.69) is 20.9 Å². The fourth-order valence-corrected chi connectivity index (χ4v) is 2.99. The second-order valence-corrected chi connectivity index (χ2v) is 5.19. The normalized spacial score (nSPS) is 21.3. The van der Waals surface area contributed by atoms with Gasteiger partial charge in [-0.1, -0.05) is 28.8 Å². The van der Waals surface area contributed by atoms with Crippen molar-refractivity contribution >= 4 is 21.8 Å². The molecule has 0 aromatic carbocycles. The first-order valence-electron chi connectivity index (χ1n) is 6.07. The predicted octanol–water partition coefficient (Wildman–Crippen LogP) is 2.20. The summed E-state index contributed by atoms with van der Waals surface area (Å²) in [6.45, 7) is 0.861. The number of hydrogen-bond donors (Lipinski definition) is 0. The minimum Gasteiger partial charge on any atom is -0.334 e. The molecule has 2 heterocycles. The summed E-state index contributed by atoms with van der Waals surface area (Å²) in [5, 5.41) is 0.858. The molecule has 1 saturated heterocycles. The van der Waals surface area contributed by atoms with Gasteiger partial charge >= 0.3 is 0 Å². The molecule has 0 saturated carbocycles. The van der Waals surface area contributed by atoms with Crippen LogP contribution in [0.15, 0.2) is 12.5 Å². The molecule has 1 unspecified atom stereocenters. The van der Waals surface area contributed by atoms with Crippen LogP contribution in [0.1, 0.15) is 36.2 Å². The second kappa shape index (κ2) is 5.67. The Morgan fingerprint density at radius 3 is 3.00 bits per heavy atom. The summed E-state index contributed by atoms with van der Waals surface area (Å²) in [4.78, 5) is 18.5. The van der Waals surface area contributed by atoms with Gasteiger partial charge in [0.05, 0.1) is 12.5 Å². The van der Waals surface area contributed by atoms with Crippen molar-refractivity contribution in [3.05, 3.63) is 18.2 Å². The van der Waals surface area contributed by atoms with Crippen LogP contribution in [0.3, 0.4) is 0 Å². The van der Waals surface area contributed by atoms with E-state index in [9.17, 15) is 4.79 Å². The molecule has 4 nitrogen and oxygen atoms in total. The molecular weight excluding hydrogens is 282 g/mol. The van der Waals surface area contributed by atoms with Crippen LogP contribution in [-0.4, -0.2) is 38.3 Å². The Labute approximate surface area is 110 Å². The van der Waals surface area contributed by atoms with Crippen molar-refractivity contribution in [1.82, 2.24) is 14.5 Å². The van der Waals surface area contributed by atoms with Gasteiger partial charge in [0.2, 0.25) is 0 Å². The van der Waals surface area contributed by atoms with Crippen LogP contribution in [0.25, 0.3) is 0 Å². The molecule has 1 aromatic heterocycles. The van der Waals surface area contributed by atoms with Crippen LogP contribution >= 0.6 is 15.9 Å². The lowest BCUT2D eigenvalue weighted by atomic mass is 10.1. The Morgan fingerprint density at radius 2 is 2.35 bits per heavy atom. The Balaban J connectivity index is 2.18. The van der Waals surface area contributed by atoms with Gasteiger partial charge in [-0.2, -0.15) is 0 Å². The third-order valence-corrected chi connectivity index (χ3v) is 4.10. The highest BCUT2D eigenvalue weighted by molar-refractivity contribution is 9.09. The molecule has 1 fully saturated rings. The highest BCUT2D eigenvalue weighted by Crippen LogP contribution is 2.20. The molecule has 1 amide bonds. The summed E-state index contributed by atoms with van der Waals surface area (Å²) in [7, 11) is 1.86. The molecule has 0 aliphatic carbocycles. The average molecular weight is 300 g/mol. The van der Waals surface area contributed by atoms with Crippen LogP contribution in [0.2, 0.25) is 0 Å². The number of alkyl halides is 1. The largest absolute Gasteiger partial charge is 0.334 e. The minimum atomic E-state index is 0.108. The van der Waals surface area contributed by atoms with E-state index in [0.717, 1.165) is 24.7 Å². The van der Waals surface area contributed by atoms with E-state index in [4.69, 9.17) is 0 Å². The van der Waals surface area contributed by atoms with Crippen molar-refractivity contribution in [1.29, 1.82) is 0 Å². The molecule has 0 radical (unpaired) electrons. The number of nitrogens with zero attached hydrogens (tertiary/aromatic N) is 3. The Morgan fingerprint density at radius 1 is 1.53 bits per heavy atom. The summed E-state index contributed by atoms with van der Waals surface area (Å²) in [6, 6.07) is 0.319. The van der Waals surface area contributed by atoms with E-state index in [1.807, 2.05) is 11.9 Å². The number of carbonyl (C=O) groups is 1. The van der Waals surface area contributed by atoms with Crippen LogP contribution in [0.5, 0.6) is 0 Å². The van der Waals surface area contributed by atoms with Crippen LogP contribution < -0.4 is 0 Å². The number of imidazole rings is 1. The Bertz CT molecular complexity index is 391. The predicted molar refractivity (Wildman–Crippen MR) is 70.3 cm³/mol. The number of halogens is 1. The Hall–Kier alpha value is -0.840. The lowest BCUT2D eigenvalue weighted by molar-refractivity contribution is 0.0692. The fourth-order valence-electron chi connectivity index (χ4n) is 2.32. The summed E-state index contributed by atoms with van der Waals surface area (Å²) in [6.07, 6.45) is 7.96. The number of aromatic nitrogens is 2. The van der Waals surface area contributed by atoms with Crippen molar-refractivity contribution in [2.24, 2.45) is 7.05 Å². The topological polar surface area (TPSA) is 38.1 Å². The molecule has 17 heavy (non-hydrogen) atoms. The smallest absolute Gasteiger partial charge is 0.272 e. The van der Waals surface area contributed by atoms with Gasteiger partial charge in [0.15, 0.2) is 0 Å². The molecule has 1 aromatic rings. The number of aryl methyl sites for hydroxylation is 1. The van der Waals surface area contributed by atoms with Crippen molar-refractivity contribution in [2.45, 2.75) is 31.7 Å². The van der Waals surface area contributed by atoms with E-state index in [1.165, 1.54) is 12.8 Å². The van der Waals surface area contributed by atoms with Gasteiger partial charge in [-0.25, -0.2) is 4.98 Å². The number of likely N-dealkylation sites (tertiary alicyclic amines) is 1. The van der Waals surface area contributed by atoms with Gasteiger partial charge in [0.1, 0.15) is 5.69 Å². The molecule has 1 aliphatic heterocycles. The number of amides is 1. The van der Waals surface area contributed by atoms with Gasteiger partial charge in [0, 0.05) is 25.0 Å². The van der Waals surface area contributed by atoms with Gasteiger partial charge in [-0.05, 0) is 12.8 Å². The third kappa shape index (κ3) is 2.70. The molecule has 2 rings (SSSR count). The Kier molecular flexibility index (Phi) is 4.20. The van der Waals surface area contributed by atoms with Crippen LogP contribution in [-0.2, 0) is 7.05 Å². The third-order valence-electron chi connectivity index (χ3n) is 3.35. The first kappa shape index (κ1) is 12.6. The second-order valence-electron chi connectivity index (χ2n) is 4.55.